The second-order valence-electron chi connectivity index (χ2n) is 2.19. The summed E-state index contributed by atoms with van der Waals surface area (Å²) >= 11 is 0. The van der Waals surface area contributed by atoms with Crippen LogP contribution in [0.2, 0.25) is 0 Å². The maximum absolute atomic E-state index is 10.7. The fourth-order valence-corrected chi connectivity index (χ4v) is 3.69. The van der Waals surface area contributed by atoms with E-state index in [1.54, 1.807) is 10.8 Å². The maximum Gasteiger partial charge on any atom is 0.118 e. The zero-order valence-electron chi connectivity index (χ0n) is 4.92. The minimum Gasteiger partial charge on any atom is -0.605 e. The molecule has 0 spiro atoms. The Morgan fingerprint density at radius 3 is 2.88 bits per heavy atom. The van der Waals surface area contributed by atoms with E-state index < -0.39 is 10.2 Å². The molecule has 2 atom stereocenters. The molecule has 0 aromatic carbocycles. The van der Waals surface area contributed by atoms with Crippen molar-refractivity contribution in [2.45, 2.75) is 13.3 Å². The van der Waals surface area contributed by atoms with Crippen LogP contribution in [0.15, 0.2) is 0 Å². The quantitative estimate of drug-likeness (QED) is 0.385. The fourth-order valence-electron chi connectivity index (χ4n) is 0.632. The predicted molar refractivity (Wildman–Crippen MR) is 39.2 cm³/mol. The Morgan fingerprint density at radius 1 is 1.75 bits per heavy atom. The van der Waals surface area contributed by atoms with Gasteiger partial charge in [-0.25, -0.2) is 0 Å². The summed E-state index contributed by atoms with van der Waals surface area (Å²) in [5, 5.41) is 0. The van der Waals surface area contributed by atoms with Gasteiger partial charge in [0.1, 0.15) is 5.75 Å². The summed E-state index contributed by atoms with van der Waals surface area (Å²) < 4.78 is 10.7. The lowest BCUT2D eigenvalue weighted by Gasteiger charge is -2.17. The molecule has 0 aromatic rings. The highest BCUT2D eigenvalue weighted by molar-refractivity contribution is 8.72. The first kappa shape index (κ1) is 6.78. The molecule has 0 aliphatic carbocycles. The van der Waals surface area contributed by atoms with Crippen LogP contribution in [0.25, 0.3) is 0 Å². The van der Waals surface area contributed by atoms with E-state index in [2.05, 4.69) is 6.92 Å². The van der Waals surface area contributed by atoms with Crippen LogP contribution in [-0.2, 0) is 10.2 Å². The molecular formula is C5H10OS2. The maximum atomic E-state index is 10.7. The zero-order chi connectivity index (χ0) is 5.98. The van der Waals surface area contributed by atoms with Crippen molar-refractivity contribution in [1.82, 2.24) is 0 Å². The molecule has 48 valence electrons. The van der Waals surface area contributed by atoms with Gasteiger partial charge in [-0.2, -0.15) is 0 Å². The van der Waals surface area contributed by atoms with Crippen molar-refractivity contribution in [1.29, 1.82) is 0 Å². The molecule has 0 bridgehead atoms. The van der Waals surface area contributed by atoms with Crippen molar-refractivity contribution in [3.63, 3.8) is 0 Å². The Labute approximate surface area is 56.8 Å². The monoisotopic (exact) mass is 150 g/mol. The van der Waals surface area contributed by atoms with Gasteiger partial charge in [0.25, 0.3) is 0 Å². The molecule has 1 rings (SSSR count). The molecule has 0 radical (unpaired) electrons. The number of hydrogen-bond acceptors (Lipinski definition) is 2. The third-order valence-electron chi connectivity index (χ3n) is 1.26. The minimum absolute atomic E-state index is 0.544. The predicted octanol–water partition coefficient (Wildman–Crippen LogP) is 1.42. The highest BCUT2D eigenvalue weighted by atomic mass is 33.1. The largest absolute Gasteiger partial charge is 0.605 e. The second kappa shape index (κ2) is 2.99. The van der Waals surface area contributed by atoms with Gasteiger partial charge < -0.3 is 4.55 Å². The van der Waals surface area contributed by atoms with E-state index >= 15 is 0 Å². The van der Waals surface area contributed by atoms with Crippen LogP contribution in [0, 0.1) is 5.92 Å². The number of hydrogen-bond donors (Lipinski definition) is 0. The summed E-state index contributed by atoms with van der Waals surface area (Å²) in [5.74, 6) is 2.79. The molecule has 1 nitrogen and oxygen atoms in total. The van der Waals surface area contributed by atoms with E-state index in [-0.39, 0.29) is 0 Å². The molecule has 0 amide bonds. The van der Waals surface area contributed by atoms with Gasteiger partial charge in [0.15, 0.2) is 0 Å². The molecule has 8 heavy (non-hydrogen) atoms. The Morgan fingerprint density at radius 2 is 2.50 bits per heavy atom. The molecule has 1 aliphatic heterocycles. The minimum atomic E-state index is -0.544. The van der Waals surface area contributed by atoms with Gasteiger partial charge in [0, 0.05) is 16.0 Å². The first-order valence-corrected chi connectivity index (χ1v) is 5.63. The van der Waals surface area contributed by atoms with Crippen LogP contribution >= 0.6 is 10.8 Å². The lowest BCUT2D eigenvalue weighted by molar-refractivity contribution is 0.581. The highest BCUT2D eigenvalue weighted by Gasteiger charge is 2.19. The Hall–Kier alpha value is 0.660. The normalized spacial score (nSPS) is 39.8. The molecule has 1 aliphatic rings. The molecule has 0 saturated carbocycles. The molecule has 1 unspecified atom stereocenters. The Kier molecular flexibility index (Phi) is 2.53. The van der Waals surface area contributed by atoms with E-state index in [4.69, 9.17) is 0 Å². The Balaban J connectivity index is 2.19. The van der Waals surface area contributed by atoms with Gasteiger partial charge in [0.2, 0.25) is 0 Å². The summed E-state index contributed by atoms with van der Waals surface area (Å²) in [5.41, 5.74) is 0. The van der Waals surface area contributed by atoms with Crippen LogP contribution in [0.3, 0.4) is 0 Å². The van der Waals surface area contributed by atoms with Crippen LogP contribution in [-0.4, -0.2) is 16.1 Å². The molecular weight excluding hydrogens is 140 g/mol. The average molecular weight is 150 g/mol. The van der Waals surface area contributed by atoms with E-state index in [9.17, 15) is 4.55 Å². The van der Waals surface area contributed by atoms with Gasteiger partial charge in [-0.05, 0) is 12.3 Å². The van der Waals surface area contributed by atoms with Gasteiger partial charge in [-0.1, -0.05) is 6.92 Å². The fraction of sp³-hybridized carbons (Fsp3) is 1.00. The second-order valence-corrected chi connectivity index (χ2v) is 5.59. The zero-order valence-corrected chi connectivity index (χ0v) is 6.56. The van der Waals surface area contributed by atoms with E-state index in [0.717, 1.165) is 23.8 Å². The van der Waals surface area contributed by atoms with Crippen molar-refractivity contribution in [2.75, 3.05) is 11.5 Å². The smallest absolute Gasteiger partial charge is 0.118 e. The van der Waals surface area contributed by atoms with Crippen molar-refractivity contribution in [3.8, 4) is 0 Å². The molecule has 1 heterocycles. The SMILES string of the molecule is C[C@H]1CC[S+]([O-])SC1. The van der Waals surface area contributed by atoms with Crippen molar-refractivity contribution in [3.05, 3.63) is 0 Å². The lowest BCUT2D eigenvalue weighted by Crippen LogP contribution is -2.15. The summed E-state index contributed by atoms with van der Waals surface area (Å²) in [6.45, 7) is 2.21. The van der Waals surface area contributed by atoms with Gasteiger partial charge in [-0.15, -0.1) is 0 Å². The average Bonchev–Trinajstić information content (AvgIpc) is 1.77. The molecule has 3 heteroatoms. The van der Waals surface area contributed by atoms with E-state index in [1.165, 1.54) is 0 Å². The topological polar surface area (TPSA) is 23.1 Å². The van der Waals surface area contributed by atoms with E-state index in [0.29, 0.717) is 0 Å². The summed E-state index contributed by atoms with van der Waals surface area (Å²) in [7, 11) is 1.05. The molecule has 1 fully saturated rings. The van der Waals surface area contributed by atoms with Crippen LogP contribution in [0.5, 0.6) is 0 Å². The lowest BCUT2D eigenvalue weighted by atomic mass is 10.2. The standard InChI is InChI=1S/C5H10OS2/c1-5-2-3-8(6)7-4-5/h5H,2-4H2,1H3/t5-,8?/m0/s1. The third kappa shape index (κ3) is 1.88. The van der Waals surface area contributed by atoms with Crippen molar-refractivity contribution in [2.24, 2.45) is 5.92 Å². The van der Waals surface area contributed by atoms with Crippen molar-refractivity contribution >= 4 is 21.0 Å². The molecule has 0 aromatic heterocycles. The number of rotatable bonds is 0. The first-order valence-electron chi connectivity index (χ1n) is 2.80. The summed E-state index contributed by atoms with van der Waals surface area (Å²) in [6, 6.07) is 0. The van der Waals surface area contributed by atoms with E-state index in [1.807, 2.05) is 0 Å². The summed E-state index contributed by atoms with van der Waals surface area (Å²) in [6.07, 6.45) is 1.15. The van der Waals surface area contributed by atoms with Gasteiger partial charge >= 0.3 is 0 Å². The summed E-state index contributed by atoms with van der Waals surface area (Å²) in [4.78, 5) is 0. The first-order chi connectivity index (χ1) is 3.79. The highest BCUT2D eigenvalue weighted by Crippen LogP contribution is 2.26. The van der Waals surface area contributed by atoms with Crippen LogP contribution in [0.4, 0.5) is 0 Å². The van der Waals surface area contributed by atoms with Crippen LogP contribution in [0.1, 0.15) is 13.3 Å². The van der Waals surface area contributed by atoms with Gasteiger partial charge in [0.05, 0.1) is 10.8 Å². The van der Waals surface area contributed by atoms with Crippen molar-refractivity contribution < 1.29 is 4.55 Å². The third-order valence-corrected chi connectivity index (χ3v) is 4.50. The molecule has 1 saturated heterocycles. The van der Waals surface area contributed by atoms with Crippen LogP contribution < -0.4 is 0 Å². The van der Waals surface area contributed by atoms with Gasteiger partial charge in [-0.3, -0.25) is 0 Å². The molecule has 0 N–H and O–H groups in total. The Bertz CT molecular complexity index is 58.8.